The van der Waals surface area contributed by atoms with E-state index in [9.17, 15) is 14.4 Å². The molecule has 2 aromatic carbocycles. The van der Waals surface area contributed by atoms with E-state index in [2.05, 4.69) is 20.9 Å². The molecule has 3 aromatic rings. The molecule has 0 saturated carbocycles. The van der Waals surface area contributed by atoms with Gasteiger partial charge < -0.3 is 20.4 Å². The highest BCUT2D eigenvalue weighted by Gasteiger charge is 2.26. The van der Waals surface area contributed by atoms with E-state index in [0.29, 0.717) is 24.2 Å². The number of ether oxygens (including phenoxy) is 1. The summed E-state index contributed by atoms with van der Waals surface area (Å²) in [6, 6.07) is 10.00. The second-order valence-electron chi connectivity index (χ2n) is 6.40. The van der Waals surface area contributed by atoms with E-state index in [1.807, 2.05) is 24.4 Å². The van der Waals surface area contributed by atoms with Crippen molar-refractivity contribution < 1.29 is 19.1 Å². The molecule has 28 heavy (non-hydrogen) atoms. The number of fused-ring (bicyclic) bond motifs is 2. The maximum atomic E-state index is 12.1. The number of aromatic nitrogens is 1. The van der Waals surface area contributed by atoms with Crippen LogP contribution in [0.15, 0.2) is 42.6 Å². The van der Waals surface area contributed by atoms with Gasteiger partial charge in [0.2, 0.25) is 0 Å². The zero-order chi connectivity index (χ0) is 19.7. The van der Waals surface area contributed by atoms with Gasteiger partial charge >= 0.3 is 6.03 Å². The summed E-state index contributed by atoms with van der Waals surface area (Å²) in [5, 5.41) is 8.73. The number of urea groups is 1. The van der Waals surface area contributed by atoms with Crippen LogP contribution < -0.4 is 20.7 Å². The number of benzene rings is 2. The number of hydrogen-bond acceptors (Lipinski definition) is 4. The van der Waals surface area contributed by atoms with Crippen molar-refractivity contribution in [3.8, 4) is 5.75 Å². The monoisotopic (exact) mass is 378 g/mol. The lowest BCUT2D eigenvalue weighted by Crippen LogP contribution is -2.30. The quantitative estimate of drug-likeness (QED) is 0.511. The first-order valence-electron chi connectivity index (χ1n) is 8.74. The summed E-state index contributed by atoms with van der Waals surface area (Å²) in [5.74, 6) is -0.108. The molecule has 142 valence electrons. The van der Waals surface area contributed by atoms with E-state index in [1.165, 1.54) is 12.1 Å². The van der Waals surface area contributed by atoms with Gasteiger partial charge in [-0.05, 0) is 48.4 Å². The Morgan fingerprint density at radius 1 is 1.07 bits per heavy atom. The van der Waals surface area contributed by atoms with E-state index in [1.54, 1.807) is 13.2 Å². The third-order valence-corrected chi connectivity index (χ3v) is 4.65. The summed E-state index contributed by atoms with van der Waals surface area (Å²) in [7, 11) is 1.62. The number of anilines is 1. The Balaban J connectivity index is 1.36. The molecule has 0 unspecified atom stereocenters. The number of carbonyl (C=O) groups excluding carboxylic acids is 3. The normalized spacial score (nSPS) is 12.6. The minimum absolute atomic E-state index is 0.260. The maximum absolute atomic E-state index is 12.1. The van der Waals surface area contributed by atoms with Gasteiger partial charge in [0.05, 0.1) is 18.2 Å². The molecule has 1 aliphatic rings. The maximum Gasteiger partial charge on any atom is 0.319 e. The first-order valence-corrected chi connectivity index (χ1v) is 8.74. The predicted molar refractivity (Wildman–Crippen MR) is 104 cm³/mol. The van der Waals surface area contributed by atoms with Gasteiger partial charge in [0.25, 0.3) is 11.8 Å². The fourth-order valence-electron chi connectivity index (χ4n) is 3.22. The van der Waals surface area contributed by atoms with Crippen molar-refractivity contribution in [1.29, 1.82) is 0 Å². The Hall–Kier alpha value is -3.81. The van der Waals surface area contributed by atoms with Crippen LogP contribution in [0.5, 0.6) is 5.75 Å². The topological polar surface area (TPSA) is 112 Å². The zero-order valence-corrected chi connectivity index (χ0v) is 15.1. The van der Waals surface area contributed by atoms with Crippen molar-refractivity contribution in [2.75, 3.05) is 19.0 Å². The van der Waals surface area contributed by atoms with Crippen molar-refractivity contribution in [2.24, 2.45) is 0 Å². The summed E-state index contributed by atoms with van der Waals surface area (Å²) >= 11 is 0. The second-order valence-corrected chi connectivity index (χ2v) is 6.40. The van der Waals surface area contributed by atoms with Crippen molar-refractivity contribution in [3.05, 3.63) is 59.3 Å². The fourth-order valence-corrected chi connectivity index (χ4v) is 3.22. The molecule has 4 amide bonds. The van der Waals surface area contributed by atoms with Gasteiger partial charge in [0.1, 0.15) is 5.75 Å². The summed E-state index contributed by atoms with van der Waals surface area (Å²) < 4.78 is 5.26. The minimum Gasteiger partial charge on any atom is -0.497 e. The standard InChI is InChI=1S/C20H18N4O4/c1-28-13-3-5-17-15(9-13)11(10-22-17)6-7-21-20(27)23-12-2-4-14-16(8-12)19(26)24-18(14)25/h2-5,8-10,22H,6-7H2,1H3,(H2,21,23,27)(H,24,25,26). The molecule has 0 atom stereocenters. The number of aromatic amines is 1. The Labute approximate surface area is 160 Å². The molecule has 8 nitrogen and oxygen atoms in total. The van der Waals surface area contributed by atoms with E-state index in [-0.39, 0.29) is 11.6 Å². The van der Waals surface area contributed by atoms with Crippen LogP contribution in [0, 0.1) is 0 Å². The molecule has 0 saturated heterocycles. The number of imide groups is 1. The molecule has 2 heterocycles. The first kappa shape index (κ1) is 17.6. The van der Waals surface area contributed by atoms with Crippen LogP contribution in [-0.2, 0) is 6.42 Å². The molecule has 0 aliphatic carbocycles. The van der Waals surface area contributed by atoms with Gasteiger partial charge in [-0.1, -0.05) is 0 Å². The Kier molecular flexibility index (Phi) is 4.44. The molecule has 0 fully saturated rings. The number of methoxy groups -OCH3 is 1. The highest BCUT2D eigenvalue weighted by molar-refractivity contribution is 6.22. The molecule has 8 heteroatoms. The number of carbonyl (C=O) groups is 3. The van der Waals surface area contributed by atoms with Gasteiger partial charge in [-0.15, -0.1) is 0 Å². The molecule has 4 N–H and O–H groups in total. The van der Waals surface area contributed by atoms with Crippen LogP contribution in [0.1, 0.15) is 26.3 Å². The van der Waals surface area contributed by atoms with Gasteiger partial charge in [0, 0.05) is 29.3 Å². The Morgan fingerprint density at radius 2 is 1.89 bits per heavy atom. The Morgan fingerprint density at radius 3 is 2.71 bits per heavy atom. The minimum atomic E-state index is -0.459. The number of rotatable bonds is 5. The van der Waals surface area contributed by atoms with Crippen LogP contribution in [0.4, 0.5) is 10.5 Å². The third-order valence-electron chi connectivity index (χ3n) is 4.65. The second kappa shape index (κ2) is 7.07. The van der Waals surface area contributed by atoms with E-state index >= 15 is 0 Å². The molecular weight excluding hydrogens is 360 g/mol. The van der Waals surface area contributed by atoms with Crippen LogP contribution >= 0.6 is 0 Å². The van der Waals surface area contributed by atoms with Gasteiger partial charge in [0.15, 0.2) is 0 Å². The van der Waals surface area contributed by atoms with E-state index in [0.717, 1.165) is 22.2 Å². The lowest BCUT2D eigenvalue weighted by atomic mass is 10.1. The molecule has 0 radical (unpaired) electrons. The molecule has 0 spiro atoms. The van der Waals surface area contributed by atoms with Crippen LogP contribution in [0.2, 0.25) is 0 Å². The molecule has 0 bridgehead atoms. The first-order chi connectivity index (χ1) is 13.5. The summed E-state index contributed by atoms with van der Waals surface area (Å²) in [6.07, 6.45) is 2.56. The highest BCUT2D eigenvalue weighted by atomic mass is 16.5. The van der Waals surface area contributed by atoms with E-state index in [4.69, 9.17) is 4.74 Å². The van der Waals surface area contributed by atoms with Gasteiger partial charge in [-0.25, -0.2) is 4.79 Å². The third kappa shape index (κ3) is 3.27. The lowest BCUT2D eigenvalue weighted by Gasteiger charge is -2.08. The zero-order valence-electron chi connectivity index (χ0n) is 15.1. The summed E-state index contributed by atoms with van der Waals surface area (Å²) in [4.78, 5) is 38.6. The van der Waals surface area contributed by atoms with Crippen LogP contribution in [0.25, 0.3) is 10.9 Å². The average Bonchev–Trinajstić information content (AvgIpc) is 3.22. The number of amides is 4. The molecular formula is C20H18N4O4. The van der Waals surface area contributed by atoms with Crippen molar-refractivity contribution in [2.45, 2.75) is 6.42 Å². The van der Waals surface area contributed by atoms with Crippen LogP contribution in [0.3, 0.4) is 0 Å². The van der Waals surface area contributed by atoms with Crippen molar-refractivity contribution in [1.82, 2.24) is 15.6 Å². The Bertz CT molecular complexity index is 1100. The fraction of sp³-hybridized carbons (Fsp3) is 0.150. The SMILES string of the molecule is COc1ccc2[nH]cc(CCNC(=O)Nc3ccc4c(c3)C(=O)NC4=O)c2c1. The highest BCUT2D eigenvalue weighted by Crippen LogP contribution is 2.24. The average molecular weight is 378 g/mol. The summed E-state index contributed by atoms with van der Waals surface area (Å²) in [6.45, 7) is 0.430. The molecule has 1 aromatic heterocycles. The molecule has 4 rings (SSSR count). The van der Waals surface area contributed by atoms with Crippen molar-refractivity contribution >= 4 is 34.4 Å². The largest absolute Gasteiger partial charge is 0.497 e. The van der Waals surface area contributed by atoms with Gasteiger partial charge in [-0.3, -0.25) is 14.9 Å². The predicted octanol–water partition coefficient (Wildman–Crippen LogP) is 2.42. The number of hydrogen-bond donors (Lipinski definition) is 4. The number of H-pyrrole nitrogens is 1. The van der Waals surface area contributed by atoms with E-state index < -0.39 is 11.8 Å². The summed E-state index contributed by atoms with van der Waals surface area (Å²) in [5.41, 5.74) is 3.09. The van der Waals surface area contributed by atoms with Gasteiger partial charge in [-0.2, -0.15) is 0 Å². The smallest absolute Gasteiger partial charge is 0.319 e. The lowest BCUT2D eigenvalue weighted by molar-refractivity contribution is 0.0879. The molecule has 1 aliphatic heterocycles. The van der Waals surface area contributed by atoms with Crippen LogP contribution in [-0.4, -0.2) is 36.5 Å². The van der Waals surface area contributed by atoms with Crippen molar-refractivity contribution in [3.63, 3.8) is 0 Å². The number of nitrogens with one attached hydrogen (secondary N) is 4.